The Kier molecular flexibility index (Phi) is 5.87. The maximum atomic E-state index is 12.5. The van der Waals surface area contributed by atoms with Crippen LogP contribution in [0.1, 0.15) is 52.4 Å². The van der Waals surface area contributed by atoms with Crippen LogP contribution in [0.25, 0.3) is 0 Å². The standard InChI is InChI=1S/C18H24N2O2/c1-3-4-5-6-10-13-16(21)17-14(2)19-20(18(17)22)15-11-8-7-9-12-15/h7-9,11-12,17H,3-6,10,13H2,1-2H3. The van der Waals surface area contributed by atoms with E-state index in [0.29, 0.717) is 17.8 Å². The van der Waals surface area contributed by atoms with Crippen molar-refractivity contribution in [3.8, 4) is 0 Å². The maximum absolute atomic E-state index is 12.5. The van der Waals surface area contributed by atoms with Gasteiger partial charge in [0.1, 0.15) is 5.92 Å². The van der Waals surface area contributed by atoms with Crippen molar-refractivity contribution < 1.29 is 9.59 Å². The summed E-state index contributed by atoms with van der Waals surface area (Å²) in [7, 11) is 0. The minimum Gasteiger partial charge on any atom is -0.298 e. The number of anilines is 1. The average Bonchev–Trinajstić information content (AvgIpc) is 2.82. The minimum atomic E-state index is -0.689. The summed E-state index contributed by atoms with van der Waals surface area (Å²) in [4.78, 5) is 24.8. The van der Waals surface area contributed by atoms with E-state index in [1.165, 1.54) is 17.9 Å². The zero-order chi connectivity index (χ0) is 15.9. The molecule has 0 spiro atoms. The number of rotatable bonds is 8. The van der Waals surface area contributed by atoms with Gasteiger partial charge in [0.25, 0.3) is 5.91 Å². The number of unbranched alkanes of at least 4 members (excludes halogenated alkanes) is 4. The molecule has 4 heteroatoms. The van der Waals surface area contributed by atoms with Crippen LogP contribution in [0, 0.1) is 5.92 Å². The first kappa shape index (κ1) is 16.4. The zero-order valence-corrected chi connectivity index (χ0v) is 13.4. The van der Waals surface area contributed by atoms with Crippen LogP contribution in [-0.4, -0.2) is 17.4 Å². The first-order valence-corrected chi connectivity index (χ1v) is 8.12. The number of carbonyl (C=O) groups excluding carboxylic acids is 2. The van der Waals surface area contributed by atoms with E-state index >= 15 is 0 Å². The Morgan fingerprint density at radius 2 is 1.82 bits per heavy atom. The molecule has 1 aromatic carbocycles. The lowest BCUT2D eigenvalue weighted by Crippen LogP contribution is -2.32. The Bertz CT molecular complexity index is 551. The molecule has 0 radical (unpaired) electrons. The number of hydrazone groups is 1. The highest BCUT2D eigenvalue weighted by Crippen LogP contribution is 2.25. The van der Waals surface area contributed by atoms with Crippen LogP contribution in [0.4, 0.5) is 5.69 Å². The molecule has 0 saturated heterocycles. The molecule has 118 valence electrons. The second-order valence-electron chi connectivity index (χ2n) is 5.79. The number of benzene rings is 1. The molecule has 1 aromatic rings. The molecule has 1 heterocycles. The second-order valence-corrected chi connectivity index (χ2v) is 5.79. The SMILES string of the molecule is CCCCCCCC(=O)C1C(=O)N(c2ccccc2)N=C1C. The molecule has 0 N–H and O–H groups in total. The Hall–Kier alpha value is -1.97. The summed E-state index contributed by atoms with van der Waals surface area (Å²) in [5.41, 5.74) is 1.32. The summed E-state index contributed by atoms with van der Waals surface area (Å²) >= 11 is 0. The van der Waals surface area contributed by atoms with E-state index in [1.54, 1.807) is 6.92 Å². The average molecular weight is 300 g/mol. The number of para-hydroxylation sites is 1. The Morgan fingerprint density at radius 3 is 2.50 bits per heavy atom. The Morgan fingerprint density at radius 1 is 1.14 bits per heavy atom. The molecular weight excluding hydrogens is 276 g/mol. The van der Waals surface area contributed by atoms with Crippen LogP contribution >= 0.6 is 0 Å². The summed E-state index contributed by atoms with van der Waals surface area (Å²) < 4.78 is 0. The van der Waals surface area contributed by atoms with Gasteiger partial charge in [0.05, 0.1) is 11.4 Å². The number of amides is 1. The molecule has 1 aliphatic heterocycles. The van der Waals surface area contributed by atoms with Gasteiger partial charge in [-0.05, 0) is 25.5 Å². The van der Waals surface area contributed by atoms with E-state index in [4.69, 9.17) is 0 Å². The van der Waals surface area contributed by atoms with Gasteiger partial charge in [-0.15, -0.1) is 0 Å². The summed E-state index contributed by atoms with van der Waals surface area (Å²) in [5, 5.41) is 5.64. The first-order valence-electron chi connectivity index (χ1n) is 8.12. The number of nitrogens with zero attached hydrogens (tertiary/aromatic N) is 2. The summed E-state index contributed by atoms with van der Waals surface area (Å²) in [6.07, 6.45) is 5.94. The number of hydrogen-bond acceptors (Lipinski definition) is 3. The number of ketones is 1. The van der Waals surface area contributed by atoms with Crippen LogP contribution in [-0.2, 0) is 9.59 Å². The van der Waals surface area contributed by atoms with Crippen molar-refractivity contribution in [3.05, 3.63) is 30.3 Å². The highest BCUT2D eigenvalue weighted by Gasteiger charge is 2.38. The minimum absolute atomic E-state index is 0.00109. The van der Waals surface area contributed by atoms with Crippen LogP contribution < -0.4 is 5.01 Å². The number of Topliss-reactive ketones (excluding diaryl/α,β-unsaturated/α-hetero) is 1. The molecule has 1 amide bonds. The van der Waals surface area contributed by atoms with Crippen LogP contribution in [0.5, 0.6) is 0 Å². The molecule has 0 saturated carbocycles. The zero-order valence-electron chi connectivity index (χ0n) is 13.4. The Labute approximate surface area is 132 Å². The van der Waals surface area contributed by atoms with Gasteiger partial charge in [-0.25, -0.2) is 0 Å². The monoisotopic (exact) mass is 300 g/mol. The van der Waals surface area contributed by atoms with Crippen LogP contribution in [0.2, 0.25) is 0 Å². The van der Waals surface area contributed by atoms with Crippen molar-refractivity contribution in [2.75, 3.05) is 5.01 Å². The number of carbonyl (C=O) groups is 2. The molecule has 22 heavy (non-hydrogen) atoms. The fraction of sp³-hybridized carbons (Fsp3) is 0.500. The molecule has 0 aliphatic carbocycles. The van der Waals surface area contributed by atoms with Gasteiger partial charge in [0.2, 0.25) is 0 Å². The largest absolute Gasteiger partial charge is 0.298 e. The van der Waals surface area contributed by atoms with Gasteiger partial charge in [0.15, 0.2) is 5.78 Å². The fourth-order valence-corrected chi connectivity index (χ4v) is 2.74. The van der Waals surface area contributed by atoms with Crippen LogP contribution in [0.15, 0.2) is 35.4 Å². The van der Waals surface area contributed by atoms with Crippen molar-refractivity contribution in [2.45, 2.75) is 52.4 Å². The van der Waals surface area contributed by atoms with Crippen molar-refractivity contribution in [1.29, 1.82) is 0 Å². The molecular formula is C18H24N2O2. The topological polar surface area (TPSA) is 49.7 Å². The smallest absolute Gasteiger partial charge is 0.263 e. The molecule has 0 bridgehead atoms. The third-order valence-electron chi connectivity index (χ3n) is 3.98. The summed E-state index contributed by atoms with van der Waals surface area (Å²) in [6.45, 7) is 3.93. The maximum Gasteiger partial charge on any atom is 0.263 e. The van der Waals surface area contributed by atoms with Gasteiger partial charge < -0.3 is 0 Å². The highest BCUT2D eigenvalue weighted by molar-refractivity contribution is 6.26. The molecule has 0 aromatic heterocycles. The van der Waals surface area contributed by atoms with E-state index < -0.39 is 5.92 Å². The number of hydrogen-bond donors (Lipinski definition) is 0. The summed E-state index contributed by atoms with van der Waals surface area (Å²) in [6, 6.07) is 9.25. The van der Waals surface area contributed by atoms with Gasteiger partial charge in [-0.2, -0.15) is 10.1 Å². The molecule has 1 aliphatic rings. The van der Waals surface area contributed by atoms with Crippen molar-refractivity contribution in [1.82, 2.24) is 0 Å². The van der Waals surface area contributed by atoms with E-state index in [9.17, 15) is 9.59 Å². The molecule has 2 rings (SSSR count). The predicted octanol–water partition coefficient (Wildman–Crippen LogP) is 3.95. The van der Waals surface area contributed by atoms with E-state index in [0.717, 1.165) is 19.3 Å². The fourth-order valence-electron chi connectivity index (χ4n) is 2.74. The van der Waals surface area contributed by atoms with E-state index in [2.05, 4.69) is 12.0 Å². The normalized spacial score (nSPS) is 17.7. The lowest BCUT2D eigenvalue weighted by Gasteiger charge is -2.13. The third-order valence-corrected chi connectivity index (χ3v) is 3.98. The highest BCUT2D eigenvalue weighted by atomic mass is 16.2. The predicted molar refractivity (Wildman–Crippen MR) is 88.9 cm³/mol. The Balaban J connectivity index is 1.94. The second kappa shape index (κ2) is 7.87. The van der Waals surface area contributed by atoms with Crippen molar-refractivity contribution >= 4 is 23.1 Å². The molecule has 4 nitrogen and oxygen atoms in total. The first-order chi connectivity index (χ1) is 10.6. The van der Waals surface area contributed by atoms with E-state index in [1.807, 2.05) is 30.3 Å². The van der Waals surface area contributed by atoms with Gasteiger partial charge in [0, 0.05) is 6.42 Å². The lowest BCUT2D eigenvalue weighted by atomic mass is 9.94. The lowest BCUT2D eigenvalue weighted by molar-refractivity contribution is -0.129. The molecule has 1 unspecified atom stereocenters. The molecule has 0 fully saturated rings. The quantitative estimate of drug-likeness (QED) is 0.539. The summed E-state index contributed by atoms with van der Waals surface area (Å²) in [5.74, 6) is -0.908. The molecule has 1 atom stereocenters. The van der Waals surface area contributed by atoms with Gasteiger partial charge in [-0.3, -0.25) is 9.59 Å². The van der Waals surface area contributed by atoms with Gasteiger partial charge >= 0.3 is 0 Å². The van der Waals surface area contributed by atoms with Crippen LogP contribution in [0.3, 0.4) is 0 Å². The van der Waals surface area contributed by atoms with Crippen molar-refractivity contribution in [2.24, 2.45) is 11.0 Å². The van der Waals surface area contributed by atoms with Gasteiger partial charge in [-0.1, -0.05) is 50.8 Å². The third kappa shape index (κ3) is 3.81. The van der Waals surface area contributed by atoms with E-state index in [-0.39, 0.29) is 11.7 Å². The van der Waals surface area contributed by atoms with Crippen molar-refractivity contribution in [3.63, 3.8) is 0 Å².